The first-order valence-electron chi connectivity index (χ1n) is 15.0. The fourth-order valence-electron chi connectivity index (χ4n) is 5.51. The number of carbonyl (C=O) groups is 2. The third-order valence-electron chi connectivity index (χ3n) is 7.88. The lowest BCUT2D eigenvalue weighted by molar-refractivity contribution is -0.138. The molecule has 2 amide bonds. The summed E-state index contributed by atoms with van der Waals surface area (Å²) in [5, 5.41) is 17.5. The number of hydrogen-bond donors (Lipinski definition) is 1. The predicted octanol–water partition coefficient (Wildman–Crippen LogP) is 7.82. The zero-order chi connectivity index (χ0) is 29.1. The molecule has 0 aliphatic heterocycles. The van der Waals surface area contributed by atoms with Crippen molar-refractivity contribution in [3.63, 3.8) is 0 Å². The van der Waals surface area contributed by atoms with Crippen molar-refractivity contribution in [2.45, 2.75) is 64.5 Å². The van der Waals surface area contributed by atoms with Gasteiger partial charge in [0.2, 0.25) is 5.91 Å². The Balaban J connectivity index is 1.17. The molecule has 0 saturated heterocycles. The van der Waals surface area contributed by atoms with Crippen LogP contribution in [0, 0.1) is 5.92 Å². The van der Waals surface area contributed by atoms with Gasteiger partial charge in [0, 0.05) is 35.5 Å². The fourth-order valence-corrected chi connectivity index (χ4v) is 6.33. The molecule has 0 spiro atoms. The lowest BCUT2D eigenvalue weighted by atomic mass is 9.88. The van der Waals surface area contributed by atoms with E-state index in [1.54, 1.807) is 35.6 Å². The zero-order valence-corrected chi connectivity index (χ0v) is 24.8. The lowest BCUT2D eigenvalue weighted by Crippen LogP contribution is -2.36. The number of nitrogens with one attached hydrogen (secondary N) is 1. The van der Waals surface area contributed by atoms with Gasteiger partial charge < -0.3 is 10.2 Å². The molecule has 1 aromatic heterocycles. The molecule has 6 nitrogen and oxygen atoms in total. The monoisotopic (exact) mass is 580 g/mol. The first kappa shape index (κ1) is 29.5. The quantitative estimate of drug-likeness (QED) is 0.174. The summed E-state index contributed by atoms with van der Waals surface area (Å²) in [6.45, 7) is 1.54. The molecule has 4 aromatic rings. The van der Waals surface area contributed by atoms with Gasteiger partial charge in [0.25, 0.3) is 5.91 Å². The normalized spacial score (nSPS) is 13.5. The number of aryl methyl sites for hydroxylation is 1. The Labute approximate surface area is 252 Å². The highest BCUT2D eigenvalue weighted by molar-refractivity contribution is 7.13. The molecule has 7 heteroatoms. The Morgan fingerprint density at radius 3 is 2.31 bits per heavy atom. The number of nitrogens with zero attached hydrogens (tertiary/aromatic N) is 2. The summed E-state index contributed by atoms with van der Waals surface area (Å²) in [4.78, 5) is 32.9. The maximum absolute atomic E-state index is 13.5. The summed E-state index contributed by atoms with van der Waals surface area (Å²) >= 11 is 1.54. The first-order chi connectivity index (χ1) is 20.5. The molecule has 0 atom stereocenters. The predicted molar refractivity (Wildman–Crippen MR) is 167 cm³/mol. The molecule has 1 radical (unpaired) electrons. The van der Waals surface area contributed by atoms with E-state index in [0.29, 0.717) is 25.2 Å². The van der Waals surface area contributed by atoms with Crippen LogP contribution < -0.4 is 5.32 Å². The largest absolute Gasteiger partial charge is 0.352 e. The van der Waals surface area contributed by atoms with Crippen LogP contribution in [-0.4, -0.2) is 28.2 Å². The van der Waals surface area contributed by atoms with Gasteiger partial charge in [-0.1, -0.05) is 73.9 Å². The number of carbonyl (C=O) groups excluding carboxylic acids is 2. The Hall–Kier alpha value is -3.97. The van der Waals surface area contributed by atoms with E-state index in [1.165, 1.54) is 12.0 Å². The zero-order valence-electron chi connectivity index (χ0n) is 24.0. The van der Waals surface area contributed by atoms with E-state index in [0.717, 1.165) is 66.8 Å². The van der Waals surface area contributed by atoms with Crippen molar-refractivity contribution in [2.24, 2.45) is 5.92 Å². The smallest absolute Gasteiger partial charge is 0.251 e. The standard InChI is InChI=1S/C35H38N3O3S/c39-32-20-14-27(15-21-32)23-38(35(41)30-12-5-2-6-13-30)24-31-25-42-34(37-31)29-18-16-28(17-19-29)33(40)36-22-8-7-11-26-9-3-1-4-10-26/h1,3-4,9-10,14-21,25,30H,2,5-8,11-13,22-24H2,(H,36,40). The summed E-state index contributed by atoms with van der Waals surface area (Å²) in [5.74, 6) is 0.127. The molecule has 0 bridgehead atoms. The van der Waals surface area contributed by atoms with Gasteiger partial charge in [-0.05, 0) is 67.5 Å². The van der Waals surface area contributed by atoms with Gasteiger partial charge in [0.15, 0.2) is 5.75 Å². The van der Waals surface area contributed by atoms with Crippen molar-refractivity contribution in [3.8, 4) is 16.3 Å². The van der Waals surface area contributed by atoms with Crippen molar-refractivity contribution >= 4 is 23.2 Å². The van der Waals surface area contributed by atoms with Gasteiger partial charge in [-0.2, -0.15) is 0 Å². The molecule has 1 aliphatic carbocycles. The summed E-state index contributed by atoms with van der Waals surface area (Å²) in [7, 11) is 0. The van der Waals surface area contributed by atoms with E-state index in [-0.39, 0.29) is 23.5 Å². The molecule has 217 valence electrons. The highest BCUT2D eigenvalue weighted by atomic mass is 32.1. The van der Waals surface area contributed by atoms with Crippen molar-refractivity contribution < 1.29 is 14.7 Å². The van der Waals surface area contributed by atoms with Crippen molar-refractivity contribution in [2.75, 3.05) is 6.54 Å². The Kier molecular flexibility index (Phi) is 10.4. The van der Waals surface area contributed by atoms with Crippen LogP contribution in [0.2, 0.25) is 0 Å². The second kappa shape index (κ2) is 14.8. The van der Waals surface area contributed by atoms with E-state index in [2.05, 4.69) is 29.6 Å². The second-order valence-corrected chi connectivity index (χ2v) is 12.0. The van der Waals surface area contributed by atoms with Crippen LogP contribution >= 0.6 is 11.3 Å². The topological polar surface area (TPSA) is 82.2 Å². The SMILES string of the molecule is [O]c1ccc(CN(Cc2csc(-c3ccc(C(=O)NCCCCc4ccccc4)cc3)n2)C(=O)C2CCCCC2)cc1. The average molecular weight is 581 g/mol. The number of hydrogen-bond acceptors (Lipinski definition) is 4. The van der Waals surface area contributed by atoms with Gasteiger partial charge in [0.05, 0.1) is 12.2 Å². The second-order valence-electron chi connectivity index (χ2n) is 11.1. The van der Waals surface area contributed by atoms with Crippen LogP contribution in [0.5, 0.6) is 5.75 Å². The van der Waals surface area contributed by atoms with E-state index < -0.39 is 0 Å². The van der Waals surface area contributed by atoms with Crippen LogP contribution in [0.4, 0.5) is 0 Å². The summed E-state index contributed by atoms with van der Waals surface area (Å²) in [6.07, 6.45) is 8.24. The number of thiazole rings is 1. The third-order valence-corrected chi connectivity index (χ3v) is 8.82. The molecular weight excluding hydrogens is 542 g/mol. The number of amides is 2. The van der Waals surface area contributed by atoms with E-state index in [4.69, 9.17) is 4.98 Å². The maximum atomic E-state index is 13.5. The van der Waals surface area contributed by atoms with E-state index >= 15 is 0 Å². The number of aromatic nitrogens is 1. The minimum Gasteiger partial charge on any atom is -0.352 e. The first-order valence-corrected chi connectivity index (χ1v) is 15.8. The molecule has 1 saturated carbocycles. The highest BCUT2D eigenvalue weighted by Gasteiger charge is 2.27. The molecule has 1 N–H and O–H groups in total. The number of unbranched alkanes of at least 4 members (excludes halogenated alkanes) is 1. The fraction of sp³-hybridized carbons (Fsp3) is 0.343. The molecule has 42 heavy (non-hydrogen) atoms. The number of benzene rings is 3. The van der Waals surface area contributed by atoms with Crippen molar-refractivity contribution in [1.82, 2.24) is 15.2 Å². The van der Waals surface area contributed by atoms with E-state index in [9.17, 15) is 14.7 Å². The molecule has 1 fully saturated rings. The average Bonchev–Trinajstić information content (AvgIpc) is 3.51. The van der Waals surface area contributed by atoms with Crippen LogP contribution in [0.3, 0.4) is 0 Å². The minimum atomic E-state index is -0.0667. The van der Waals surface area contributed by atoms with Crippen molar-refractivity contribution in [3.05, 3.63) is 107 Å². The van der Waals surface area contributed by atoms with Crippen LogP contribution in [-0.2, 0) is 29.4 Å². The van der Waals surface area contributed by atoms with Crippen molar-refractivity contribution in [1.29, 1.82) is 0 Å². The summed E-state index contributed by atoms with van der Waals surface area (Å²) < 4.78 is 0. The van der Waals surface area contributed by atoms with Gasteiger partial charge >= 0.3 is 0 Å². The Bertz CT molecular complexity index is 1430. The van der Waals surface area contributed by atoms with Gasteiger partial charge in [-0.25, -0.2) is 4.98 Å². The van der Waals surface area contributed by atoms with Crippen LogP contribution in [0.15, 0.2) is 84.2 Å². The highest BCUT2D eigenvalue weighted by Crippen LogP contribution is 2.29. The van der Waals surface area contributed by atoms with Gasteiger partial charge in [-0.3, -0.25) is 14.7 Å². The molecule has 0 unspecified atom stereocenters. The minimum absolute atomic E-state index is 0.0321. The summed E-state index contributed by atoms with van der Waals surface area (Å²) in [5.41, 5.74) is 4.69. The molecular formula is C35H38N3O3S. The number of rotatable bonds is 12. The van der Waals surface area contributed by atoms with Crippen LogP contribution in [0.25, 0.3) is 10.6 Å². The molecule has 1 aliphatic rings. The van der Waals surface area contributed by atoms with Gasteiger partial charge in [-0.15, -0.1) is 11.3 Å². The molecule has 5 rings (SSSR count). The lowest BCUT2D eigenvalue weighted by Gasteiger charge is -2.29. The molecule has 3 aromatic carbocycles. The Morgan fingerprint density at radius 2 is 1.57 bits per heavy atom. The van der Waals surface area contributed by atoms with Crippen LogP contribution in [0.1, 0.15) is 72.1 Å². The Morgan fingerprint density at radius 1 is 0.833 bits per heavy atom. The van der Waals surface area contributed by atoms with E-state index in [1.807, 2.05) is 40.6 Å². The third kappa shape index (κ3) is 8.29. The summed E-state index contributed by atoms with van der Waals surface area (Å²) in [6, 6.07) is 24.7. The molecule has 1 heterocycles. The maximum Gasteiger partial charge on any atom is 0.251 e. The van der Waals surface area contributed by atoms with Gasteiger partial charge in [0.1, 0.15) is 5.01 Å².